The van der Waals surface area contributed by atoms with Crippen LogP contribution in [0.3, 0.4) is 0 Å². The molecule has 0 saturated heterocycles. The van der Waals surface area contributed by atoms with Crippen molar-refractivity contribution in [3.8, 4) is 17.2 Å². The van der Waals surface area contributed by atoms with Gasteiger partial charge in [-0.3, -0.25) is 4.79 Å². The number of aryl methyl sites for hydroxylation is 2. The van der Waals surface area contributed by atoms with Crippen molar-refractivity contribution in [1.29, 1.82) is 0 Å². The largest absolute Gasteiger partial charge is 0.454 e. The molecule has 2 aromatic carbocycles. The van der Waals surface area contributed by atoms with E-state index in [1.807, 2.05) is 38.1 Å². The van der Waals surface area contributed by atoms with E-state index in [1.165, 1.54) is 5.56 Å². The van der Waals surface area contributed by atoms with Crippen molar-refractivity contribution in [3.63, 3.8) is 0 Å². The number of Topliss-reactive ketones (excluding diaryl/α,β-unsaturated/α-hetero) is 1. The van der Waals surface area contributed by atoms with Crippen molar-refractivity contribution in [2.24, 2.45) is 0 Å². The molecule has 5 heteroatoms. The molecule has 1 aliphatic heterocycles. The van der Waals surface area contributed by atoms with Crippen LogP contribution in [-0.2, 0) is 0 Å². The fraction of sp³-hybridized carbons (Fsp3) is 0.227. The average Bonchev–Trinajstić information content (AvgIpc) is 3.24. The van der Waals surface area contributed by atoms with Crippen molar-refractivity contribution in [1.82, 2.24) is 4.57 Å². The van der Waals surface area contributed by atoms with E-state index in [1.54, 1.807) is 0 Å². The third-order valence-electron chi connectivity index (χ3n) is 4.85. The average molecular weight is 362 g/mol. The molecule has 27 heavy (non-hydrogen) atoms. The van der Waals surface area contributed by atoms with Crippen molar-refractivity contribution in [2.45, 2.75) is 20.8 Å². The van der Waals surface area contributed by atoms with Crippen molar-refractivity contribution in [2.75, 3.05) is 18.7 Å². The first-order valence-corrected chi connectivity index (χ1v) is 8.95. The number of nitrogens with one attached hydrogen (secondary N) is 1. The summed E-state index contributed by atoms with van der Waals surface area (Å²) in [7, 11) is 0. The van der Waals surface area contributed by atoms with Crippen LogP contribution in [0.2, 0.25) is 0 Å². The van der Waals surface area contributed by atoms with Crippen LogP contribution in [0.15, 0.2) is 48.5 Å². The van der Waals surface area contributed by atoms with Gasteiger partial charge in [-0.1, -0.05) is 17.7 Å². The Kier molecular flexibility index (Phi) is 4.36. The minimum Gasteiger partial charge on any atom is -0.454 e. The van der Waals surface area contributed by atoms with Crippen LogP contribution >= 0.6 is 0 Å². The maximum Gasteiger partial charge on any atom is 0.231 e. The molecule has 0 spiro atoms. The summed E-state index contributed by atoms with van der Waals surface area (Å²) in [6.45, 7) is 6.53. The number of fused-ring (bicyclic) bond motifs is 1. The van der Waals surface area contributed by atoms with E-state index in [-0.39, 0.29) is 19.1 Å². The zero-order valence-electron chi connectivity index (χ0n) is 15.7. The van der Waals surface area contributed by atoms with Crippen LogP contribution in [0.5, 0.6) is 11.5 Å². The molecule has 0 aliphatic carbocycles. The van der Waals surface area contributed by atoms with E-state index in [2.05, 4.69) is 41.1 Å². The van der Waals surface area contributed by atoms with Crippen molar-refractivity contribution in [3.05, 3.63) is 71.0 Å². The summed E-state index contributed by atoms with van der Waals surface area (Å²) in [5.41, 5.74) is 5.85. The Hall–Kier alpha value is -3.21. The summed E-state index contributed by atoms with van der Waals surface area (Å²) in [4.78, 5) is 12.8. The van der Waals surface area contributed by atoms with Gasteiger partial charge in [0.15, 0.2) is 17.3 Å². The van der Waals surface area contributed by atoms with Gasteiger partial charge in [0.2, 0.25) is 6.79 Å². The van der Waals surface area contributed by atoms with Gasteiger partial charge in [-0.2, -0.15) is 0 Å². The first-order chi connectivity index (χ1) is 13.0. The van der Waals surface area contributed by atoms with E-state index in [0.717, 1.165) is 34.1 Å². The molecule has 2 heterocycles. The molecule has 0 bridgehead atoms. The molecule has 138 valence electrons. The van der Waals surface area contributed by atoms with Crippen LogP contribution in [0.1, 0.15) is 27.3 Å². The highest BCUT2D eigenvalue weighted by atomic mass is 16.7. The molecule has 0 radical (unpaired) electrons. The zero-order valence-corrected chi connectivity index (χ0v) is 15.7. The third-order valence-corrected chi connectivity index (χ3v) is 4.85. The lowest BCUT2D eigenvalue weighted by atomic mass is 10.1. The highest BCUT2D eigenvalue weighted by Crippen LogP contribution is 2.34. The number of rotatable bonds is 5. The van der Waals surface area contributed by atoms with Gasteiger partial charge < -0.3 is 19.4 Å². The minimum atomic E-state index is 0.0547. The van der Waals surface area contributed by atoms with Crippen LogP contribution < -0.4 is 14.8 Å². The van der Waals surface area contributed by atoms with Crippen molar-refractivity contribution < 1.29 is 14.3 Å². The Bertz CT molecular complexity index is 1000. The van der Waals surface area contributed by atoms with Crippen LogP contribution in [0, 0.1) is 20.8 Å². The van der Waals surface area contributed by atoms with Crippen LogP contribution in [0.4, 0.5) is 5.69 Å². The summed E-state index contributed by atoms with van der Waals surface area (Å²) in [6, 6.07) is 15.9. The van der Waals surface area contributed by atoms with Gasteiger partial charge in [-0.15, -0.1) is 0 Å². The second-order valence-corrected chi connectivity index (χ2v) is 6.80. The van der Waals surface area contributed by atoms with Gasteiger partial charge >= 0.3 is 0 Å². The Morgan fingerprint density at radius 2 is 1.74 bits per heavy atom. The minimum absolute atomic E-state index is 0.0547. The van der Waals surface area contributed by atoms with Gasteiger partial charge in [-0.25, -0.2) is 0 Å². The number of carbonyl (C=O) groups is 1. The smallest absolute Gasteiger partial charge is 0.231 e. The number of ketones is 1. The molecule has 0 amide bonds. The standard InChI is InChI=1S/C22H22N2O3/c1-14-4-7-18(8-5-14)24-15(2)10-19(16(24)3)20(25)12-23-17-6-9-21-22(11-17)27-13-26-21/h4-11,23H,12-13H2,1-3H3. The number of carbonyl (C=O) groups excluding carboxylic acids is 1. The molecular formula is C22H22N2O3. The van der Waals surface area contributed by atoms with Crippen LogP contribution in [0.25, 0.3) is 5.69 Å². The van der Waals surface area contributed by atoms with Gasteiger partial charge in [0.25, 0.3) is 0 Å². The van der Waals surface area contributed by atoms with E-state index < -0.39 is 0 Å². The number of benzene rings is 2. The lowest BCUT2D eigenvalue weighted by Gasteiger charge is -2.10. The van der Waals surface area contributed by atoms with E-state index >= 15 is 0 Å². The molecule has 0 fully saturated rings. The second kappa shape index (κ2) is 6.83. The maximum absolute atomic E-state index is 12.8. The zero-order chi connectivity index (χ0) is 19.0. The first-order valence-electron chi connectivity index (χ1n) is 8.95. The highest BCUT2D eigenvalue weighted by Gasteiger charge is 2.17. The molecular weight excluding hydrogens is 340 g/mol. The van der Waals surface area contributed by atoms with Crippen LogP contribution in [-0.4, -0.2) is 23.7 Å². The van der Waals surface area contributed by atoms with Gasteiger partial charge in [0, 0.05) is 34.4 Å². The first kappa shape index (κ1) is 17.2. The lowest BCUT2D eigenvalue weighted by molar-refractivity contribution is 0.101. The fourth-order valence-electron chi connectivity index (χ4n) is 3.42. The molecule has 0 saturated carbocycles. The normalized spacial score (nSPS) is 12.3. The third kappa shape index (κ3) is 3.28. The van der Waals surface area contributed by atoms with Gasteiger partial charge in [-0.05, 0) is 51.1 Å². The molecule has 0 unspecified atom stereocenters. The molecule has 4 rings (SSSR count). The molecule has 5 nitrogen and oxygen atoms in total. The van der Waals surface area contributed by atoms with Gasteiger partial charge in [0.05, 0.1) is 6.54 Å². The molecule has 1 aromatic heterocycles. The number of aromatic nitrogens is 1. The monoisotopic (exact) mass is 362 g/mol. The fourth-order valence-corrected chi connectivity index (χ4v) is 3.42. The predicted octanol–water partition coefficient (Wildman–Crippen LogP) is 4.43. The Morgan fingerprint density at radius 1 is 1.00 bits per heavy atom. The quantitative estimate of drug-likeness (QED) is 0.683. The number of anilines is 1. The molecule has 0 atom stereocenters. The Balaban J connectivity index is 1.52. The summed E-state index contributed by atoms with van der Waals surface area (Å²) in [5.74, 6) is 1.48. The number of hydrogen-bond acceptors (Lipinski definition) is 4. The molecule has 1 N–H and O–H groups in total. The van der Waals surface area contributed by atoms with E-state index in [9.17, 15) is 4.79 Å². The Morgan fingerprint density at radius 3 is 2.52 bits per heavy atom. The highest BCUT2D eigenvalue weighted by molar-refractivity contribution is 6.00. The molecule has 1 aliphatic rings. The number of hydrogen-bond donors (Lipinski definition) is 1. The maximum atomic E-state index is 12.8. The number of nitrogens with zero attached hydrogens (tertiary/aromatic N) is 1. The summed E-state index contributed by atoms with van der Waals surface area (Å²) >= 11 is 0. The Labute approximate surface area is 158 Å². The predicted molar refractivity (Wildman–Crippen MR) is 105 cm³/mol. The van der Waals surface area contributed by atoms with E-state index in [4.69, 9.17) is 9.47 Å². The summed E-state index contributed by atoms with van der Waals surface area (Å²) in [6.07, 6.45) is 0. The second-order valence-electron chi connectivity index (χ2n) is 6.80. The topological polar surface area (TPSA) is 52.5 Å². The van der Waals surface area contributed by atoms with E-state index in [0.29, 0.717) is 5.75 Å². The molecule has 3 aromatic rings. The summed E-state index contributed by atoms with van der Waals surface area (Å²) < 4.78 is 12.8. The summed E-state index contributed by atoms with van der Waals surface area (Å²) in [5, 5.41) is 3.18. The number of ether oxygens (including phenoxy) is 2. The SMILES string of the molecule is Cc1ccc(-n2c(C)cc(C(=O)CNc3ccc4c(c3)OCO4)c2C)cc1. The van der Waals surface area contributed by atoms with Gasteiger partial charge in [0.1, 0.15) is 0 Å². The van der Waals surface area contributed by atoms with Crippen molar-refractivity contribution >= 4 is 11.5 Å². The lowest BCUT2D eigenvalue weighted by Crippen LogP contribution is -2.14.